The van der Waals surface area contributed by atoms with Crippen LogP contribution in [0.25, 0.3) is 0 Å². The molecule has 106 valence electrons. The SMILES string of the molecule is CN(Cc1ccccc1)S(=O)(=O)c1cc(Cl)ccc1N. The van der Waals surface area contributed by atoms with E-state index in [2.05, 4.69) is 0 Å². The van der Waals surface area contributed by atoms with E-state index in [1.54, 1.807) is 6.07 Å². The number of hydrogen-bond donors (Lipinski definition) is 1. The first-order valence-electron chi connectivity index (χ1n) is 5.96. The molecule has 0 aliphatic rings. The largest absolute Gasteiger partial charge is 0.398 e. The second kappa shape index (κ2) is 5.83. The summed E-state index contributed by atoms with van der Waals surface area (Å²) in [6.45, 7) is 0.273. The summed E-state index contributed by atoms with van der Waals surface area (Å²) in [6, 6.07) is 13.8. The van der Waals surface area contributed by atoms with E-state index in [1.807, 2.05) is 30.3 Å². The van der Waals surface area contributed by atoms with Crippen molar-refractivity contribution in [2.24, 2.45) is 0 Å². The second-order valence-electron chi connectivity index (χ2n) is 4.43. The lowest BCUT2D eigenvalue weighted by Crippen LogP contribution is -2.27. The highest BCUT2D eigenvalue weighted by Gasteiger charge is 2.23. The molecule has 0 aromatic heterocycles. The molecule has 6 heteroatoms. The fourth-order valence-corrected chi connectivity index (χ4v) is 3.36. The van der Waals surface area contributed by atoms with E-state index in [4.69, 9.17) is 17.3 Å². The minimum atomic E-state index is -3.67. The maximum absolute atomic E-state index is 12.5. The molecule has 0 amide bonds. The summed E-state index contributed by atoms with van der Waals surface area (Å²) in [6.07, 6.45) is 0. The van der Waals surface area contributed by atoms with Gasteiger partial charge in [0.1, 0.15) is 4.90 Å². The molecule has 2 rings (SSSR count). The van der Waals surface area contributed by atoms with Crippen LogP contribution in [0.15, 0.2) is 53.4 Å². The number of nitrogens with two attached hydrogens (primary N) is 1. The van der Waals surface area contributed by atoms with Crippen LogP contribution in [0.5, 0.6) is 0 Å². The molecular formula is C14H15ClN2O2S. The molecule has 0 saturated heterocycles. The molecule has 2 aromatic rings. The molecule has 0 unspecified atom stereocenters. The van der Waals surface area contributed by atoms with Crippen molar-refractivity contribution in [2.45, 2.75) is 11.4 Å². The van der Waals surface area contributed by atoms with Crippen molar-refractivity contribution >= 4 is 27.3 Å². The molecule has 0 bridgehead atoms. The highest BCUT2D eigenvalue weighted by Crippen LogP contribution is 2.25. The lowest BCUT2D eigenvalue weighted by atomic mass is 10.2. The van der Waals surface area contributed by atoms with Gasteiger partial charge in [0.25, 0.3) is 0 Å². The van der Waals surface area contributed by atoms with Crippen molar-refractivity contribution in [1.29, 1.82) is 0 Å². The number of nitrogen functional groups attached to an aromatic ring is 1. The predicted octanol–water partition coefficient (Wildman–Crippen LogP) is 2.74. The van der Waals surface area contributed by atoms with Crippen molar-refractivity contribution in [3.05, 3.63) is 59.1 Å². The summed E-state index contributed by atoms with van der Waals surface area (Å²) >= 11 is 5.85. The van der Waals surface area contributed by atoms with E-state index in [-0.39, 0.29) is 17.1 Å². The fourth-order valence-electron chi connectivity index (χ4n) is 1.82. The minimum absolute atomic E-state index is 0.0310. The van der Waals surface area contributed by atoms with Gasteiger partial charge in [-0.3, -0.25) is 0 Å². The van der Waals surface area contributed by atoms with Gasteiger partial charge in [-0.25, -0.2) is 8.42 Å². The van der Waals surface area contributed by atoms with E-state index in [0.717, 1.165) is 5.56 Å². The summed E-state index contributed by atoms with van der Waals surface area (Å²) in [5.74, 6) is 0. The molecule has 2 N–H and O–H groups in total. The van der Waals surface area contributed by atoms with Gasteiger partial charge in [-0.05, 0) is 23.8 Å². The number of hydrogen-bond acceptors (Lipinski definition) is 3. The Morgan fingerprint density at radius 2 is 1.80 bits per heavy atom. The second-order valence-corrected chi connectivity index (χ2v) is 6.88. The third-order valence-corrected chi connectivity index (χ3v) is 5.01. The van der Waals surface area contributed by atoms with Crippen LogP contribution in [-0.4, -0.2) is 19.8 Å². The highest BCUT2D eigenvalue weighted by atomic mass is 35.5. The van der Waals surface area contributed by atoms with Gasteiger partial charge in [-0.1, -0.05) is 41.9 Å². The normalized spacial score (nSPS) is 11.8. The van der Waals surface area contributed by atoms with Crippen LogP contribution in [0.3, 0.4) is 0 Å². The standard InChI is InChI=1S/C14H15ClN2O2S/c1-17(10-11-5-3-2-4-6-11)20(18,19)14-9-12(15)7-8-13(14)16/h2-9H,10,16H2,1H3. The molecular weight excluding hydrogens is 296 g/mol. The van der Waals surface area contributed by atoms with Gasteiger partial charge in [-0.2, -0.15) is 4.31 Å². The van der Waals surface area contributed by atoms with Crippen molar-refractivity contribution in [2.75, 3.05) is 12.8 Å². The van der Waals surface area contributed by atoms with Gasteiger partial charge in [0.2, 0.25) is 10.0 Å². The summed E-state index contributed by atoms with van der Waals surface area (Å²) in [7, 11) is -2.15. The van der Waals surface area contributed by atoms with Gasteiger partial charge in [0.15, 0.2) is 0 Å². The Bertz CT molecular complexity index is 702. The Morgan fingerprint density at radius 3 is 2.45 bits per heavy atom. The fraction of sp³-hybridized carbons (Fsp3) is 0.143. The smallest absolute Gasteiger partial charge is 0.245 e. The highest BCUT2D eigenvalue weighted by molar-refractivity contribution is 7.89. The molecule has 2 aromatic carbocycles. The van der Waals surface area contributed by atoms with Gasteiger partial charge in [0, 0.05) is 18.6 Å². The zero-order chi connectivity index (χ0) is 14.8. The predicted molar refractivity (Wildman–Crippen MR) is 81.0 cm³/mol. The monoisotopic (exact) mass is 310 g/mol. The van der Waals surface area contributed by atoms with Crippen LogP contribution in [0, 0.1) is 0 Å². The Hall–Kier alpha value is -1.56. The first-order chi connectivity index (χ1) is 9.41. The molecule has 0 fully saturated rings. The van der Waals surface area contributed by atoms with E-state index in [1.165, 1.54) is 23.5 Å². The summed E-state index contributed by atoms with van der Waals surface area (Å²) < 4.78 is 26.2. The van der Waals surface area contributed by atoms with Crippen LogP contribution >= 0.6 is 11.6 Å². The Morgan fingerprint density at radius 1 is 1.15 bits per heavy atom. The first-order valence-corrected chi connectivity index (χ1v) is 7.78. The van der Waals surface area contributed by atoms with Crippen LogP contribution < -0.4 is 5.73 Å². The van der Waals surface area contributed by atoms with E-state index in [0.29, 0.717) is 5.02 Å². The number of anilines is 1. The number of sulfonamides is 1. The molecule has 4 nitrogen and oxygen atoms in total. The van der Waals surface area contributed by atoms with Crippen LogP contribution in [0.4, 0.5) is 5.69 Å². The lowest BCUT2D eigenvalue weighted by molar-refractivity contribution is 0.467. The third-order valence-electron chi connectivity index (χ3n) is 2.91. The Balaban J connectivity index is 2.32. The Kier molecular flexibility index (Phi) is 4.32. The molecule has 0 radical (unpaired) electrons. The quantitative estimate of drug-likeness (QED) is 0.883. The summed E-state index contributed by atoms with van der Waals surface area (Å²) in [5.41, 5.74) is 6.83. The first kappa shape index (κ1) is 14.8. The third kappa shape index (κ3) is 3.12. The molecule has 20 heavy (non-hydrogen) atoms. The van der Waals surface area contributed by atoms with Gasteiger partial charge >= 0.3 is 0 Å². The maximum atomic E-state index is 12.5. The number of nitrogens with zero attached hydrogens (tertiary/aromatic N) is 1. The van der Waals surface area contributed by atoms with Crippen LogP contribution in [-0.2, 0) is 16.6 Å². The molecule has 0 aliphatic carbocycles. The van der Waals surface area contributed by atoms with Crippen molar-refractivity contribution in [1.82, 2.24) is 4.31 Å². The van der Waals surface area contributed by atoms with Gasteiger partial charge < -0.3 is 5.73 Å². The molecule has 0 saturated carbocycles. The van der Waals surface area contributed by atoms with Crippen molar-refractivity contribution < 1.29 is 8.42 Å². The Labute approximate surface area is 123 Å². The number of rotatable bonds is 4. The number of benzene rings is 2. The van der Waals surface area contributed by atoms with Crippen molar-refractivity contribution in [3.8, 4) is 0 Å². The average Bonchev–Trinajstić information content (AvgIpc) is 2.42. The van der Waals surface area contributed by atoms with Crippen molar-refractivity contribution in [3.63, 3.8) is 0 Å². The maximum Gasteiger partial charge on any atom is 0.245 e. The molecule has 0 heterocycles. The zero-order valence-corrected chi connectivity index (χ0v) is 12.5. The summed E-state index contributed by atoms with van der Waals surface area (Å²) in [4.78, 5) is 0.0310. The topological polar surface area (TPSA) is 63.4 Å². The van der Waals surface area contributed by atoms with E-state index < -0.39 is 10.0 Å². The minimum Gasteiger partial charge on any atom is -0.398 e. The number of halogens is 1. The molecule has 0 spiro atoms. The lowest BCUT2D eigenvalue weighted by Gasteiger charge is -2.18. The van der Waals surface area contributed by atoms with E-state index in [9.17, 15) is 8.42 Å². The zero-order valence-electron chi connectivity index (χ0n) is 11.0. The van der Waals surface area contributed by atoms with E-state index >= 15 is 0 Å². The van der Waals surface area contributed by atoms with Gasteiger partial charge in [0.05, 0.1) is 5.69 Å². The molecule has 0 atom stereocenters. The molecule has 0 aliphatic heterocycles. The van der Waals surface area contributed by atoms with Crippen LogP contribution in [0.1, 0.15) is 5.56 Å². The average molecular weight is 311 g/mol. The van der Waals surface area contributed by atoms with Gasteiger partial charge in [-0.15, -0.1) is 0 Å². The van der Waals surface area contributed by atoms with Crippen LogP contribution in [0.2, 0.25) is 5.02 Å². The summed E-state index contributed by atoms with van der Waals surface area (Å²) in [5, 5.41) is 0.339.